The van der Waals surface area contributed by atoms with Gasteiger partial charge < -0.3 is 14.2 Å². The number of carbonyl (C=O) groups excluding carboxylic acids is 1. The van der Waals surface area contributed by atoms with Crippen LogP contribution < -0.4 is 0 Å². The van der Waals surface area contributed by atoms with E-state index in [2.05, 4.69) is 14.5 Å². The number of nitrogens with zero attached hydrogens (tertiary/aromatic N) is 4. The molecule has 2 aliphatic rings. The lowest BCUT2D eigenvalue weighted by Crippen LogP contribution is -2.47. The Balaban J connectivity index is 1.56. The Kier molecular flexibility index (Phi) is 3.29. The molecular formula is C12H18N4O2. The van der Waals surface area contributed by atoms with Gasteiger partial charge in [0.05, 0.1) is 26.3 Å². The molecule has 0 radical (unpaired) electrons. The van der Waals surface area contributed by atoms with Gasteiger partial charge in [-0.2, -0.15) is 0 Å². The van der Waals surface area contributed by atoms with Gasteiger partial charge in [-0.1, -0.05) is 0 Å². The van der Waals surface area contributed by atoms with Gasteiger partial charge >= 0.3 is 0 Å². The summed E-state index contributed by atoms with van der Waals surface area (Å²) in [5.74, 6) is 1.26. The molecule has 0 unspecified atom stereocenters. The van der Waals surface area contributed by atoms with Crippen molar-refractivity contribution < 1.29 is 9.53 Å². The summed E-state index contributed by atoms with van der Waals surface area (Å²) in [7, 11) is 0. The van der Waals surface area contributed by atoms with Gasteiger partial charge in [0.15, 0.2) is 0 Å². The fraction of sp³-hybridized carbons (Fsp3) is 0.667. The summed E-state index contributed by atoms with van der Waals surface area (Å²) >= 11 is 0. The molecule has 1 saturated heterocycles. The second-order valence-corrected chi connectivity index (χ2v) is 4.74. The van der Waals surface area contributed by atoms with Gasteiger partial charge in [-0.3, -0.25) is 9.69 Å². The molecule has 6 heteroatoms. The molecule has 0 spiro atoms. The SMILES string of the molecule is O=C(CN1CCn2ccnc2C1)N1CCOCC1. The molecule has 3 heterocycles. The van der Waals surface area contributed by atoms with Crippen molar-refractivity contribution in [1.82, 2.24) is 19.4 Å². The first-order valence-corrected chi connectivity index (χ1v) is 6.41. The third-order valence-electron chi connectivity index (χ3n) is 3.55. The van der Waals surface area contributed by atoms with Crippen LogP contribution in [0.25, 0.3) is 0 Å². The van der Waals surface area contributed by atoms with Crippen LogP contribution in [0.1, 0.15) is 5.82 Å². The average Bonchev–Trinajstić information content (AvgIpc) is 2.87. The van der Waals surface area contributed by atoms with E-state index in [9.17, 15) is 4.79 Å². The fourth-order valence-corrected chi connectivity index (χ4v) is 2.46. The van der Waals surface area contributed by atoms with Crippen LogP contribution in [0.15, 0.2) is 12.4 Å². The van der Waals surface area contributed by atoms with Crippen molar-refractivity contribution in [3.05, 3.63) is 18.2 Å². The minimum Gasteiger partial charge on any atom is -0.378 e. The normalized spacial score (nSPS) is 20.8. The maximum atomic E-state index is 12.1. The molecular weight excluding hydrogens is 232 g/mol. The van der Waals surface area contributed by atoms with Gasteiger partial charge in [-0.15, -0.1) is 0 Å². The van der Waals surface area contributed by atoms with Crippen LogP contribution in [0.5, 0.6) is 0 Å². The molecule has 0 atom stereocenters. The highest BCUT2D eigenvalue weighted by Gasteiger charge is 2.22. The van der Waals surface area contributed by atoms with Crippen LogP contribution >= 0.6 is 0 Å². The molecule has 1 aromatic rings. The number of morpholine rings is 1. The minimum atomic E-state index is 0.207. The van der Waals surface area contributed by atoms with E-state index in [4.69, 9.17) is 4.74 Å². The first-order valence-electron chi connectivity index (χ1n) is 6.41. The number of imidazole rings is 1. The molecule has 2 aliphatic heterocycles. The van der Waals surface area contributed by atoms with E-state index in [-0.39, 0.29) is 5.91 Å². The molecule has 0 aliphatic carbocycles. The van der Waals surface area contributed by atoms with E-state index in [1.165, 1.54) is 0 Å². The highest BCUT2D eigenvalue weighted by molar-refractivity contribution is 5.78. The van der Waals surface area contributed by atoms with Crippen molar-refractivity contribution in [2.24, 2.45) is 0 Å². The van der Waals surface area contributed by atoms with Crippen molar-refractivity contribution in [3.8, 4) is 0 Å². The zero-order valence-electron chi connectivity index (χ0n) is 10.4. The average molecular weight is 250 g/mol. The lowest BCUT2D eigenvalue weighted by atomic mass is 10.3. The van der Waals surface area contributed by atoms with Gasteiger partial charge in [-0.25, -0.2) is 4.98 Å². The fourth-order valence-electron chi connectivity index (χ4n) is 2.46. The third kappa shape index (κ3) is 2.39. The molecule has 1 amide bonds. The molecule has 0 saturated carbocycles. The monoisotopic (exact) mass is 250 g/mol. The second kappa shape index (κ2) is 5.07. The number of aromatic nitrogens is 2. The third-order valence-corrected chi connectivity index (χ3v) is 3.55. The predicted octanol–water partition coefficient (Wildman–Crippen LogP) is -0.442. The van der Waals surface area contributed by atoms with Gasteiger partial charge in [0.2, 0.25) is 5.91 Å². The van der Waals surface area contributed by atoms with Crippen LogP contribution in [0.4, 0.5) is 0 Å². The maximum Gasteiger partial charge on any atom is 0.236 e. The summed E-state index contributed by atoms with van der Waals surface area (Å²) in [6, 6.07) is 0. The van der Waals surface area contributed by atoms with Crippen molar-refractivity contribution in [3.63, 3.8) is 0 Å². The predicted molar refractivity (Wildman–Crippen MR) is 64.9 cm³/mol. The lowest BCUT2D eigenvalue weighted by molar-refractivity contribution is -0.136. The number of hydrogen-bond donors (Lipinski definition) is 0. The largest absolute Gasteiger partial charge is 0.378 e. The Morgan fingerprint density at radius 2 is 2.11 bits per heavy atom. The highest BCUT2D eigenvalue weighted by Crippen LogP contribution is 2.10. The van der Waals surface area contributed by atoms with Crippen molar-refractivity contribution in [2.45, 2.75) is 13.1 Å². The van der Waals surface area contributed by atoms with Crippen LogP contribution in [0.3, 0.4) is 0 Å². The Hall–Kier alpha value is -1.40. The van der Waals surface area contributed by atoms with Gasteiger partial charge in [-0.05, 0) is 0 Å². The standard InChI is InChI=1S/C12H18N4O2/c17-12(16-5-7-18-8-6-16)10-14-3-4-15-2-1-13-11(15)9-14/h1-2H,3-10H2. The number of rotatable bonds is 2. The van der Waals surface area contributed by atoms with E-state index < -0.39 is 0 Å². The molecule has 0 aromatic carbocycles. The maximum absolute atomic E-state index is 12.1. The van der Waals surface area contributed by atoms with Crippen LogP contribution in [-0.2, 0) is 22.6 Å². The first kappa shape index (κ1) is 11.7. The summed E-state index contributed by atoms with van der Waals surface area (Å²) in [4.78, 5) is 20.5. The zero-order chi connectivity index (χ0) is 12.4. The molecule has 6 nitrogen and oxygen atoms in total. The molecule has 0 N–H and O–H groups in total. The number of fused-ring (bicyclic) bond motifs is 1. The van der Waals surface area contributed by atoms with Gasteiger partial charge in [0, 0.05) is 38.6 Å². The van der Waals surface area contributed by atoms with Gasteiger partial charge in [0.25, 0.3) is 0 Å². The van der Waals surface area contributed by atoms with Crippen LogP contribution in [-0.4, -0.2) is 64.7 Å². The number of hydrogen-bond acceptors (Lipinski definition) is 4. The van der Waals surface area contributed by atoms with Crippen molar-refractivity contribution in [1.29, 1.82) is 0 Å². The second-order valence-electron chi connectivity index (χ2n) is 4.74. The number of amides is 1. The van der Waals surface area contributed by atoms with E-state index >= 15 is 0 Å². The highest BCUT2D eigenvalue weighted by atomic mass is 16.5. The molecule has 1 aromatic heterocycles. The first-order chi connectivity index (χ1) is 8.83. The Bertz CT molecular complexity index is 425. The van der Waals surface area contributed by atoms with Crippen molar-refractivity contribution >= 4 is 5.91 Å². The summed E-state index contributed by atoms with van der Waals surface area (Å²) < 4.78 is 7.40. The Morgan fingerprint density at radius 3 is 2.94 bits per heavy atom. The minimum absolute atomic E-state index is 0.207. The number of ether oxygens (including phenoxy) is 1. The molecule has 3 rings (SSSR count). The smallest absolute Gasteiger partial charge is 0.236 e. The molecule has 0 bridgehead atoms. The lowest BCUT2D eigenvalue weighted by Gasteiger charge is -2.31. The Labute approximate surface area is 106 Å². The molecule has 1 fully saturated rings. The molecule has 18 heavy (non-hydrogen) atoms. The number of carbonyl (C=O) groups is 1. The Morgan fingerprint density at radius 1 is 1.28 bits per heavy atom. The topological polar surface area (TPSA) is 50.6 Å². The van der Waals surface area contributed by atoms with E-state index in [0.717, 1.165) is 38.5 Å². The summed E-state index contributed by atoms with van der Waals surface area (Å²) in [6.45, 7) is 5.87. The summed E-state index contributed by atoms with van der Waals surface area (Å²) in [6.07, 6.45) is 3.82. The van der Waals surface area contributed by atoms with Crippen molar-refractivity contribution in [2.75, 3.05) is 39.4 Å². The molecule has 98 valence electrons. The van der Waals surface area contributed by atoms with Crippen LogP contribution in [0.2, 0.25) is 0 Å². The van der Waals surface area contributed by atoms with E-state index in [1.807, 2.05) is 17.3 Å². The van der Waals surface area contributed by atoms with E-state index in [1.54, 1.807) is 0 Å². The van der Waals surface area contributed by atoms with E-state index in [0.29, 0.717) is 19.8 Å². The quantitative estimate of drug-likeness (QED) is 0.714. The summed E-state index contributed by atoms with van der Waals surface area (Å²) in [5.41, 5.74) is 0. The van der Waals surface area contributed by atoms with Crippen LogP contribution in [0, 0.1) is 0 Å². The van der Waals surface area contributed by atoms with Gasteiger partial charge in [0.1, 0.15) is 5.82 Å². The summed E-state index contributed by atoms with van der Waals surface area (Å²) in [5, 5.41) is 0. The zero-order valence-corrected chi connectivity index (χ0v) is 10.4.